The second-order valence-electron chi connectivity index (χ2n) is 7.29. The highest BCUT2D eigenvalue weighted by Gasteiger charge is 2.20. The van der Waals surface area contributed by atoms with E-state index in [1.807, 2.05) is 45.9 Å². The molecule has 142 valence electrons. The Morgan fingerprint density at radius 2 is 1.96 bits per heavy atom. The summed E-state index contributed by atoms with van der Waals surface area (Å²) in [6, 6.07) is 5.89. The minimum Gasteiger partial charge on any atom is -0.494 e. The third kappa shape index (κ3) is 5.01. The molecule has 0 radical (unpaired) electrons. The second kappa shape index (κ2) is 8.58. The minimum absolute atomic E-state index is 0.0482. The van der Waals surface area contributed by atoms with Crippen molar-refractivity contribution in [3.8, 4) is 11.5 Å². The minimum atomic E-state index is -0.441. The monoisotopic (exact) mass is 378 g/mol. The molecule has 0 amide bonds. The molecule has 0 bridgehead atoms. The average Bonchev–Trinajstić information content (AvgIpc) is 2.56. The van der Waals surface area contributed by atoms with Crippen LogP contribution in [-0.2, 0) is 12.1 Å². The quantitative estimate of drug-likeness (QED) is 0.654. The van der Waals surface area contributed by atoms with Crippen LogP contribution in [0.4, 0.5) is 0 Å². The Bertz CT molecular complexity index is 810. The molecule has 0 fully saturated rings. The third-order valence-electron chi connectivity index (χ3n) is 3.99. The van der Waals surface area contributed by atoms with Gasteiger partial charge in [-0.1, -0.05) is 31.0 Å². The van der Waals surface area contributed by atoms with E-state index in [0.717, 1.165) is 36.3 Å². The molecule has 0 saturated carbocycles. The molecule has 6 heteroatoms. The number of ether oxygens (including phenoxy) is 2. The lowest BCUT2D eigenvalue weighted by atomic mass is 10.1. The second-order valence-corrected chi connectivity index (χ2v) is 7.67. The normalized spacial score (nSPS) is 11.5. The molecule has 0 saturated heterocycles. The van der Waals surface area contributed by atoms with Crippen molar-refractivity contribution in [2.24, 2.45) is 0 Å². The van der Waals surface area contributed by atoms with Crippen molar-refractivity contribution < 1.29 is 9.47 Å². The molecule has 1 aromatic carbocycles. The van der Waals surface area contributed by atoms with Crippen LogP contribution in [0.15, 0.2) is 29.2 Å². The van der Waals surface area contributed by atoms with Crippen LogP contribution < -0.4 is 15.0 Å². The Balaban J connectivity index is 2.09. The smallest absolute Gasteiger partial charge is 0.289 e. The fourth-order valence-corrected chi connectivity index (χ4v) is 2.59. The van der Waals surface area contributed by atoms with E-state index in [4.69, 9.17) is 21.1 Å². The Morgan fingerprint density at radius 1 is 1.23 bits per heavy atom. The Hall–Kier alpha value is -2.01. The van der Waals surface area contributed by atoms with E-state index in [-0.39, 0.29) is 10.6 Å². The summed E-state index contributed by atoms with van der Waals surface area (Å²) < 4.78 is 12.8. The first-order chi connectivity index (χ1) is 12.2. The van der Waals surface area contributed by atoms with Crippen molar-refractivity contribution in [2.75, 3.05) is 6.61 Å². The largest absolute Gasteiger partial charge is 0.494 e. The van der Waals surface area contributed by atoms with Gasteiger partial charge >= 0.3 is 0 Å². The molecule has 0 aliphatic rings. The molecule has 2 aromatic rings. The van der Waals surface area contributed by atoms with Gasteiger partial charge in [0.15, 0.2) is 10.8 Å². The van der Waals surface area contributed by atoms with Gasteiger partial charge in [0.2, 0.25) is 0 Å². The van der Waals surface area contributed by atoms with Gasteiger partial charge in [-0.25, -0.2) is 4.68 Å². The van der Waals surface area contributed by atoms with Crippen molar-refractivity contribution in [3.63, 3.8) is 0 Å². The molecule has 0 spiro atoms. The van der Waals surface area contributed by atoms with Crippen LogP contribution in [0.1, 0.15) is 51.7 Å². The number of aromatic nitrogens is 2. The van der Waals surface area contributed by atoms with Crippen LogP contribution >= 0.6 is 11.6 Å². The first-order valence-corrected chi connectivity index (χ1v) is 9.25. The maximum absolute atomic E-state index is 12.4. The fourth-order valence-electron chi connectivity index (χ4n) is 2.41. The van der Waals surface area contributed by atoms with Gasteiger partial charge in [0, 0.05) is 0 Å². The van der Waals surface area contributed by atoms with Gasteiger partial charge in [-0.05, 0) is 57.4 Å². The summed E-state index contributed by atoms with van der Waals surface area (Å²) in [5.74, 6) is 1.15. The molecule has 0 unspecified atom stereocenters. The number of aryl methyl sites for hydroxylation is 1. The molecule has 26 heavy (non-hydrogen) atoms. The molecule has 0 atom stereocenters. The van der Waals surface area contributed by atoms with Gasteiger partial charge in [-0.2, -0.15) is 5.10 Å². The zero-order valence-electron chi connectivity index (χ0n) is 16.1. The summed E-state index contributed by atoms with van der Waals surface area (Å²) in [5, 5.41) is 4.22. The summed E-state index contributed by atoms with van der Waals surface area (Å²) in [6.45, 7) is 10.8. The lowest BCUT2D eigenvalue weighted by Gasteiger charge is -2.21. The zero-order valence-corrected chi connectivity index (χ0v) is 16.9. The van der Waals surface area contributed by atoms with Gasteiger partial charge in [0.05, 0.1) is 18.3 Å². The molecule has 0 N–H and O–H groups in total. The predicted molar refractivity (Wildman–Crippen MR) is 104 cm³/mol. The number of hydrogen-bond donors (Lipinski definition) is 0. The van der Waals surface area contributed by atoms with Crippen molar-refractivity contribution >= 4 is 11.6 Å². The highest BCUT2D eigenvalue weighted by molar-refractivity contribution is 6.31. The highest BCUT2D eigenvalue weighted by Crippen LogP contribution is 2.23. The zero-order chi connectivity index (χ0) is 19.3. The van der Waals surface area contributed by atoms with Crippen LogP contribution in [-0.4, -0.2) is 16.4 Å². The average molecular weight is 379 g/mol. The highest BCUT2D eigenvalue weighted by atomic mass is 35.5. The molecular formula is C20H27ClN2O3. The van der Waals surface area contributed by atoms with Crippen molar-refractivity contribution in [3.05, 3.63) is 50.9 Å². The van der Waals surface area contributed by atoms with Gasteiger partial charge in [0.25, 0.3) is 5.56 Å². The lowest BCUT2D eigenvalue weighted by Crippen LogP contribution is -2.36. The van der Waals surface area contributed by atoms with E-state index in [0.29, 0.717) is 12.4 Å². The molecular weight excluding hydrogens is 352 g/mol. The van der Waals surface area contributed by atoms with Gasteiger partial charge in [0.1, 0.15) is 12.4 Å². The molecule has 1 aromatic heterocycles. The topological polar surface area (TPSA) is 53.4 Å². The summed E-state index contributed by atoms with van der Waals surface area (Å²) in [5.41, 5.74) is 1.27. The first kappa shape index (κ1) is 20.3. The number of unbranched alkanes of at least 4 members (excludes halogenated alkanes) is 1. The van der Waals surface area contributed by atoms with E-state index in [1.54, 1.807) is 0 Å². The Morgan fingerprint density at radius 3 is 2.58 bits per heavy atom. The summed E-state index contributed by atoms with van der Waals surface area (Å²) >= 11 is 6.19. The Labute approximate surface area is 159 Å². The summed E-state index contributed by atoms with van der Waals surface area (Å²) in [7, 11) is 0. The predicted octanol–water partition coefficient (Wildman–Crippen LogP) is 4.72. The lowest BCUT2D eigenvalue weighted by molar-refractivity contribution is 0.290. The van der Waals surface area contributed by atoms with Crippen LogP contribution in [0.3, 0.4) is 0 Å². The number of halogens is 1. The first-order valence-electron chi connectivity index (χ1n) is 8.87. The number of benzene rings is 1. The van der Waals surface area contributed by atoms with Crippen LogP contribution in [0.2, 0.25) is 5.02 Å². The van der Waals surface area contributed by atoms with Crippen molar-refractivity contribution in [1.82, 2.24) is 9.78 Å². The van der Waals surface area contributed by atoms with Crippen molar-refractivity contribution in [2.45, 2.75) is 59.6 Å². The summed E-state index contributed by atoms with van der Waals surface area (Å²) in [4.78, 5) is 12.4. The van der Waals surface area contributed by atoms with Gasteiger partial charge < -0.3 is 9.47 Å². The third-order valence-corrected chi connectivity index (χ3v) is 4.33. The summed E-state index contributed by atoms with van der Waals surface area (Å²) in [6.07, 6.45) is 3.63. The van der Waals surface area contributed by atoms with Crippen LogP contribution in [0.25, 0.3) is 0 Å². The number of rotatable bonds is 7. The van der Waals surface area contributed by atoms with E-state index >= 15 is 0 Å². The molecule has 1 heterocycles. The van der Waals surface area contributed by atoms with E-state index in [9.17, 15) is 4.79 Å². The Kier molecular flexibility index (Phi) is 6.70. The number of nitrogens with zero attached hydrogens (tertiary/aromatic N) is 2. The van der Waals surface area contributed by atoms with Gasteiger partial charge in [-0.15, -0.1) is 0 Å². The number of hydrogen-bond acceptors (Lipinski definition) is 4. The van der Waals surface area contributed by atoms with Gasteiger partial charge in [-0.3, -0.25) is 4.79 Å². The molecule has 0 aliphatic heterocycles. The van der Waals surface area contributed by atoms with Crippen LogP contribution in [0.5, 0.6) is 11.5 Å². The van der Waals surface area contributed by atoms with Crippen LogP contribution in [0, 0.1) is 6.92 Å². The maximum Gasteiger partial charge on any atom is 0.289 e. The van der Waals surface area contributed by atoms with Crippen molar-refractivity contribution in [1.29, 1.82) is 0 Å². The van der Waals surface area contributed by atoms with E-state index in [1.165, 1.54) is 10.9 Å². The SMILES string of the molecule is CCCCOc1ccc(COc2cnn(C(C)(C)C)c(=O)c2Cl)c(C)c1. The molecule has 5 nitrogen and oxygen atoms in total. The van der Waals surface area contributed by atoms with E-state index < -0.39 is 5.54 Å². The van der Waals surface area contributed by atoms with E-state index in [2.05, 4.69) is 12.0 Å². The fraction of sp³-hybridized carbons (Fsp3) is 0.500. The molecule has 0 aliphatic carbocycles. The molecule has 2 rings (SSSR count). The maximum atomic E-state index is 12.4. The standard InChI is InChI=1S/C20H27ClN2O3/c1-6-7-10-25-16-9-8-15(14(2)11-16)13-26-17-12-22-23(20(3,4)5)19(24)18(17)21/h8-9,11-12H,6-7,10,13H2,1-5H3.